The predicted molar refractivity (Wildman–Crippen MR) is 69.8 cm³/mol. The van der Waals surface area contributed by atoms with Gasteiger partial charge in [0.05, 0.1) is 6.10 Å². The lowest BCUT2D eigenvalue weighted by atomic mass is 10.1. The van der Waals surface area contributed by atoms with E-state index >= 15 is 0 Å². The van der Waals surface area contributed by atoms with Crippen LogP contribution >= 0.6 is 0 Å². The Kier molecular flexibility index (Phi) is 3.15. The van der Waals surface area contributed by atoms with Crippen molar-refractivity contribution in [1.82, 2.24) is 14.6 Å². The number of pyridine rings is 1. The molecule has 1 atom stereocenters. The Morgan fingerprint density at radius 2 is 2.44 bits per heavy atom. The maximum atomic E-state index is 5.67. The lowest BCUT2D eigenvalue weighted by Crippen LogP contribution is -2.27. The molecule has 2 aromatic heterocycles. The molecule has 5 nitrogen and oxygen atoms in total. The molecule has 0 spiro atoms. The van der Waals surface area contributed by atoms with E-state index in [1.165, 1.54) is 12.8 Å². The van der Waals surface area contributed by atoms with Crippen LogP contribution < -0.4 is 5.32 Å². The summed E-state index contributed by atoms with van der Waals surface area (Å²) >= 11 is 0. The van der Waals surface area contributed by atoms with Gasteiger partial charge in [-0.05, 0) is 37.8 Å². The lowest BCUT2D eigenvalue weighted by molar-refractivity contribution is 0.0247. The van der Waals surface area contributed by atoms with Crippen molar-refractivity contribution < 1.29 is 4.74 Å². The van der Waals surface area contributed by atoms with Crippen molar-refractivity contribution in [3.8, 4) is 0 Å². The molecule has 0 bridgehead atoms. The first-order chi connectivity index (χ1) is 8.83. The first-order valence-electron chi connectivity index (χ1n) is 6.50. The molecule has 0 saturated carbocycles. The van der Waals surface area contributed by atoms with Crippen LogP contribution in [-0.4, -0.2) is 33.9 Å². The van der Waals surface area contributed by atoms with Gasteiger partial charge in [0.1, 0.15) is 0 Å². The molecule has 0 radical (unpaired) electrons. The van der Waals surface area contributed by atoms with Crippen LogP contribution in [0.3, 0.4) is 0 Å². The maximum absolute atomic E-state index is 5.67. The third-order valence-corrected chi connectivity index (χ3v) is 3.32. The van der Waals surface area contributed by atoms with Crippen LogP contribution in [0.1, 0.15) is 24.8 Å². The van der Waals surface area contributed by atoms with E-state index in [2.05, 4.69) is 15.4 Å². The molecule has 0 aliphatic carbocycles. The van der Waals surface area contributed by atoms with Crippen molar-refractivity contribution in [2.45, 2.75) is 32.3 Å². The highest BCUT2D eigenvalue weighted by Crippen LogP contribution is 2.14. The van der Waals surface area contributed by atoms with E-state index in [9.17, 15) is 0 Å². The van der Waals surface area contributed by atoms with Gasteiger partial charge >= 0.3 is 0 Å². The molecule has 1 aliphatic rings. The topological polar surface area (TPSA) is 51.5 Å². The third kappa shape index (κ3) is 2.31. The Morgan fingerprint density at radius 1 is 1.50 bits per heavy atom. The first-order valence-corrected chi connectivity index (χ1v) is 6.50. The summed E-state index contributed by atoms with van der Waals surface area (Å²) in [6.07, 6.45) is 5.77. The van der Waals surface area contributed by atoms with Crippen LogP contribution in [0.4, 0.5) is 5.95 Å². The number of nitrogens with zero attached hydrogens (tertiary/aromatic N) is 3. The van der Waals surface area contributed by atoms with E-state index in [1.807, 2.05) is 25.3 Å². The second-order valence-electron chi connectivity index (χ2n) is 4.76. The van der Waals surface area contributed by atoms with Crippen LogP contribution in [0.15, 0.2) is 18.3 Å². The second kappa shape index (κ2) is 4.94. The second-order valence-corrected chi connectivity index (χ2v) is 4.76. The van der Waals surface area contributed by atoms with Gasteiger partial charge in [-0.1, -0.05) is 6.07 Å². The monoisotopic (exact) mass is 246 g/mol. The van der Waals surface area contributed by atoms with Gasteiger partial charge in [-0.25, -0.2) is 4.52 Å². The molecule has 0 amide bonds. The molecule has 3 heterocycles. The van der Waals surface area contributed by atoms with Crippen molar-refractivity contribution in [2.24, 2.45) is 0 Å². The van der Waals surface area contributed by atoms with Crippen molar-refractivity contribution in [2.75, 3.05) is 18.5 Å². The van der Waals surface area contributed by atoms with E-state index in [0.717, 1.165) is 30.8 Å². The Hall–Kier alpha value is -1.62. The zero-order chi connectivity index (χ0) is 12.4. The van der Waals surface area contributed by atoms with E-state index < -0.39 is 0 Å². The molecule has 1 unspecified atom stereocenters. The van der Waals surface area contributed by atoms with Gasteiger partial charge in [0.25, 0.3) is 0 Å². The number of rotatable bonds is 3. The Bertz CT molecular complexity index is 531. The third-order valence-electron chi connectivity index (χ3n) is 3.32. The Labute approximate surface area is 106 Å². The van der Waals surface area contributed by atoms with Crippen molar-refractivity contribution in [3.63, 3.8) is 0 Å². The van der Waals surface area contributed by atoms with Gasteiger partial charge in [0.15, 0.2) is 5.65 Å². The molecule has 1 N–H and O–H groups in total. The summed E-state index contributed by atoms with van der Waals surface area (Å²) in [5, 5.41) is 7.66. The number of aromatic nitrogens is 3. The predicted octanol–water partition coefficient (Wildman–Crippen LogP) is 2.02. The molecule has 1 saturated heterocycles. The standard InChI is InChI=1S/C13H18N4O/c1-10-5-4-7-17-12(10)15-13(16-17)14-9-11-6-2-3-8-18-11/h4-5,7,11H,2-3,6,8-9H2,1H3,(H,14,16). The van der Waals surface area contributed by atoms with E-state index in [0.29, 0.717) is 12.1 Å². The minimum atomic E-state index is 0.298. The van der Waals surface area contributed by atoms with Crippen molar-refractivity contribution in [3.05, 3.63) is 23.9 Å². The summed E-state index contributed by atoms with van der Waals surface area (Å²) in [7, 11) is 0. The number of nitrogens with one attached hydrogen (secondary N) is 1. The summed E-state index contributed by atoms with van der Waals surface area (Å²) in [6.45, 7) is 3.71. The number of aryl methyl sites for hydroxylation is 1. The van der Waals surface area contributed by atoms with E-state index in [1.54, 1.807) is 4.52 Å². The van der Waals surface area contributed by atoms with Crippen LogP contribution in [0.2, 0.25) is 0 Å². The zero-order valence-electron chi connectivity index (χ0n) is 10.6. The molecule has 1 aliphatic heterocycles. The van der Waals surface area contributed by atoms with Gasteiger partial charge in [0, 0.05) is 19.3 Å². The number of hydrogen-bond acceptors (Lipinski definition) is 4. The fourth-order valence-electron chi connectivity index (χ4n) is 2.29. The summed E-state index contributed by atoms with van der Waals surface area (Å²) in [5.41, 5.74) is 2.04. The van der Waals surface area contributed by atoms with Crippen LogP contribution in [-0.2, 0) is 4.74 Å². The molecule has 96 valence electrons. The average Bonchev–Trinajstić information content (AvgIpc) is 2.82. The highest BCUT2D eigenvalue weighted by Gasteiger charge is 2.14. The zero-order valence-corrected chi connectivity index (χ0v) is 10.6. The molecule has 2 aromatic rings. The molecule has 3 rings (SSSR count). The average molecular weight is 246 g/mol. The Morgan fingerprint density at radius 3 is 3.22 bits per heavy atom. The molecule has 1 fully saturated rings. The highest BCUT2D eigenvalue weighted by molar-refractivity contribution is 5.49. The van der Waals surface area contributed by atoms with E-state index in [-0.39, 0.29) is 0 Å². The summed E-state index contributed by atoms with van der Waals surface area (Å²) in [4.78, 5) is 4.48. The van der Waals surface area contributed by atoms with Gasteiger partial charge < -0.3 is 10.1 Å². The SMILES string of the molecule is Cc1cccn2nc(NCC3CCCCO3)nc12. The largest absolute Gasteiger partial charge is 0.376 e. The molecule has 5 heteroatoms. The van der Waals surface area contributed by atoms with Crippen molar-refractivity contribution >= 4 is 11.6 Å². The van der Waals surface area contributed by atoms with Gasteiger partial charge in [0.2, 0.25) is 5.95 Å². The van der Waals surface area contributed by atoms with Gasteiger partial charge in [-0.15, -0.1) is 5.10 Å². The fraction of sp³-hybridized carbons (Fsp3) is 0.538. The molecule has 18 heavy (non-hydrogen) atoms. The number of fused-ring (bicyclic) bond motifs is 1. The lowest BCUT2D eigenvalue weighted by Gasteiger charge is -2.22. The number of hydrogen-bond donors (Lipinski definition) is 1. The summed E-state index contributed by atoms with van der Waals surface area (Å²) in [5.74, 6) is 0.679. The van der Waals surface area contributed by atoms with Gasteiger partial charge in [-0.3, -0.25) is 0 Å². The minimum Gasteiger partial charge on any atom is -0.376 e. The first kappa shape index (κ1) is 11.5. The van der Waals surface area contributed by atoms with E-state index in [4.69, 9.17) is 4.74 Å². The highest BCUT2D eigenvalue weighted by atomic mass is 16.5. The fourth-order valence-corrected chi connectivity index (χ4v) is 2.29. The van der Waals surface area contributed by atoms with Crippen LogP contribution in [0.5, 0.6) is 0 Å². The quantitative estimate of drug-likeness (QED) is 0.900. The molecule has 0 aromatic carbocycles. The van der Waals surface area contributed by atoms with Gasteiger partial charge in [-0.2, -0.15) is 4.98 Å². The normalized spacial score (nSPS) is 20.2. The number of anilines is 1. The smallest absolute Gasteiger partial charge is 0.243 e. The molecular weight excluding hydrogens is 228 g/mol. The summed E-state index contributed by atoms with van der Waals surface area (Å²) in [6, 6.07) is 4.02. The summed E-state index contributed by atoms with van der Waals surface area (Å²) < 4.78 is 7.48. The van der Waals surface area contributed by atoms with Crippen LogP contribution in [0, 0.1) is 6.92 Å². The maximum Gasteiger partial charge on any atom is 0.243 e. The molecular formula is C13H18N4O. The Balaban J connectivity index is 1.69. The number of ether oxygens (including phenoxy) is 1. The minimum absolute atomic E-state index is 0.298. The van der Waals surface area contributed by atoms with Crippen LogP contribution in [0.25, 0.3) is 5.65 Å². The van der Waals surface area contributed by atoms with Crippen molar-refractivity contribution in [1.29, 1.82) is 0 Å².